The van der Waals surface area contributed by atoms with Crippen molar-refractivity contribution < 1.29 is 32.6 Å². The van der Waals surface area contributed by atoms with Crippen LogP contribution in [0.4, 0.5) is 0 Å². The van der Waals surface area contributed by atoms with E-state index in [-0.39, 0.29) is 28.4 Å². The van der Waals surface area contributed by atoms with E-state index >= 15 is 0 Å². The summed E-state index contributed by atoms with van der Waals surface area (Å²) in [6.07, 6.45) is 1.08. The molecule has 0 aliphatic carbocycles. The number of rotatable bonds is 10. The SMILES string of the molecule is CC(C)OC(=O)COc1c(C(=O)O)sc(-c2cccc(C3CCN(S(=O)(=O)Cc4ccccc4)CC3)c2)c1Br. The van der Waals surface area contributed by atoms with Gasteiger partial charge in [-0.15, -0.1) is 11.3 Å². The van der Waals surface area contributed by atoms with Gasteiger partial charge >= 0.3 is 11.9 Å². The van der Waals surface area contributed by atoms with Gasteiger partial charge in [0, 0.05) is 13.1 Å². The summed E-state index contributed by atoms with van der Waals surface area (Å²) >= 11 is 4.54. The van der Waals surface area contributed by atoms with Gasteiger partial charge in [-0.1, -0.05) is 54.6 Å². The fraction of sp³-hybridized carbons (Fsp3) is 0.357. The second-order valence-corrected chi connectivity index (χ2v) is 13.4. The number of ether oxygens (including phenoxy) is 2. The van der Waals surface area contributed by atoms with Crippen LogP contribution in [0.2, 0.25) is 0 Å². The normalized spacial score (nSPS) is 14.9. The third-order valence-electron chi connectivity index (χ3n) is 6.36. The first-order valence-corrected chi connectivity index (χ1v) is 15.8. The van der Waals surface area contributed by atoms with E-state index in [2.05, 4.69) is 15.9 Å². The van der Waals surface area contributed by atoms with Crippen molar-refractivity contribution >= 4 is 49.2 Å². The Morgan fingerprint density at radius 3 is 2.44 bits per heavy atom. The van der Waals surface area contributed by atoms with Gasteiger partial charge in [-0.3, -0.25) is 0 Å². The molecular formula is C28H30BrNO7S2. The third-order valence-corrected chi connectivity index (χ3v) is 10.4. The van der Waals surface area contributed by atoms with Crippen molar-refractivity contribution in [2.24, 2.45) is 0 Å². The number of carbonyl (C=O) groups is 2. The van der Waals surface area contributed by atoms with Crippen molar-refractivity contribution in [3.63, 3.8) is 0 Å². The number of esters is 1. The first-order valence-electron chi connectivity index (χ1n) is 12.5. The van der Waals surface area contributed by atoms with Crippen molar-refractivity contribution in [3.05, 3.63) is 75.1 Å². The van der Waals surface area contributed by atoms with Gasteiger partial charge in [-0.2, -0.15) is 0 Å². The van der Waals surface area contributed by atoms with Crippen molar-refractivity contribution in [1.82, 2.24) is 4.31 Å². The van der Waals surface area contributed by atoms with Crippen LogP contribution in [-0.2, 0) is 25.3 Å². The Morgan fingerprint density at radius 1 is 1.10 bits per heavy atom. The van der Waals surface area contributed by atoms with E-state index in [0.29, 0.717) is 35.3 Å². The second-order valence-electron chi connectivity index (χ2n) is 9.58. The first-order chi connectivity index (χ1) is 18.5. The molecule has 0 bridgehead atoms. The van der Waals surface area contributed by atoms with Crippen molar-refractivity contribution in [1.29, 1.82) is 0 Å². The van der Waals surface area contributed by atoms with Gasteiger partial charge in [0.15, 0.2) is 17.2 Å². The summed E-state index contributed by atoms with van der Waals surface area (Å²) in [5, 5.41) is 9.74. The fourth-order valence-corrected chi connectivity index (χ4v) is 8.01. The van der Waals surface area contributed by atoms with Gasteiger partial charge in [0.1, 0.15) is 0 Å². The van der Waals surface area contributed by atoms with Gasteiger partial charge in [-0.05, 0) is 65.2 Å². The average Bonchev–Trinajstić information content (AvgIpc) is 3.24. The van der Waals surface area contributed by atoms with Crippen LogP contribution in [0.25, 0.3) is 10.4 Å². The highest BCUT2D eigenvalue weighted by Crippen LogP contribution is 2.46. The summed E-state index contributed by atoms with van der Waals surface area (Å²) in [7, 11) is -3.40. The molecule has 8 nitrogen and oxygen atoms in total. The third kappa shape index (κ3) is 7.27. The molecule has 2 aromatic carbocycles. The molecule has 2 heterocycles. The maximum atomic E-state index is 12.9. The topological polar surface area (TPSA) is 110 Å². The predicted octanol–water partition coefficient (Wildman–Crippen LogP) is 5.92. The number of hydrogen-bond donors (Lipinski definition) is 1. The monoisotopic (exact) mass is 635 g/mol. The van der Waals surface area contributed by atoms with E-state index in [9.17, 15) is 23.1 Å². The number of benzene rings is 2. The molecule has 1 aromatic heterocycles. The van der Waals surface area contributed by atoms with Crippen LogP contribution in [-0.4, -0.2) is 55.6 Å². The number of sulfonamides is 1. The molecule has 1 fully saturated rings. The minimum atomic E-state index is -3.40. The lowest BCUT2D eigenvalue weighted by Crippen LogP contribution is -2.38. The van der Waals surface area contributed by atoms with E-state index in [0.717, 1.165) is 28.0 Å². The van der Waals surface area contributed by atoms with Gasteiger partial charge in [-0.25, -0.2) is 22.3 Å². The summed E-state index contributed by atoms with van der Waals surface area (Å²) in [6.45, 7) is 3.93. The maximum Gasteiger partial charge on any atom is 0.349 e. The predicted molar refractivity (Wildman–Crippen MR) is 154 cm³/mol. The van der Waals surface area contributed by atoms with E-state index in [1.54, 1.807) is 18.2 Å². The van der Waals surface area contributed by atoms with Crippen LogP contribution in [0.1, 0.15) is 53.4 Å². The molecule has 0 atom stereocenters. The summed E-state index contributed by atoms with van der Waals surface area (Å²) < 4.78 is 38.6. The Balaban J connectivity index is 1.48. The maximum absolute atomic E-state index is 12.9. The molecule has 0 amide bonds. The zero-order valence-electron chi connectivity index (χ0n) is 21.6. The van der Waals surface area contributed by atoms with Crippen LogP contribution in [0.5, 0.6) is 5.75 Å². The lowest BCUT2D eigenvalue weighted by Gasteiger charge is -2.31. The number of carbonyl (C=O) groups excluding carboxylic acids is 1. The number of carboxylic acid groups (broad SMARTS) is 1. The quantitative estimate of drug-likeness (QED) is 0.276. The summed E-state index contributed by atoms with van der Waals surface area (Å²) in [4.78, 5) is 24.5. The molecule has 208 valence electrons. The Kier molecular flexibility index (Phi) is 9.47. The van der Waals surface area contributed by atoms with Crippen LogP contribution in [0.3, 0.4) is 0 Å². The minimum Gasteiger partial charge on any atom is -0.479 e. The Bertz CT molecular complexity index is 1430. The standard InChI is InChI=1S/C28H30BrNO7S2/c1-18(2)37-23(31)16-36-25-24(29)26(38-27(25)28(32)33)22-10-6-9-21(15-22)20-11-13-30(14-12-20)39(34,35)17-19-7-4-3-5-8-19/h3-10,15,18,20H,11-14,16-17H2,1-2H3,(H,32,33). The molecule has 0 saturated carbocycles. The number of halogens is 1. The Morgan fingerprint density at radius 2 is 1.79 bits per heavy atom. The smallest absolute Gasteiger partial charge is 0.349 e. The molecule has 39 heavy (non-hydrogen) atoms. The number of thiophene rings is 1. The highest BCUT2D eigenvalue weighted by atomic mass is 79.9. The van der Waals surface area contributed by atoms with Gasteiger partial charge < -0.3 is 14.6 Å². The summed E-state index contributed by atoms with van der Waals surface area (Å²) in [5.41, 5.74) is 2.65. The molecule has 4 rings (SSSR count). The van der Waals surface area contributed by atoms with Crippen molar-refractivity contribution in [3.8, 4) is 16.2 Å². The lowest BCUT2D eigenvalue weighted by atomic mass is 9.89. The van der Waals surface area contributed by atoms with Crippen molar-refractivity contribution in [2.45, 2.75) is 44.5 Å². The average molecular weight is 637 g/mol. The molecule has 1 N–H and O–H groups in total. The largest absolute Gasteiger partial charge is 0.479 e. The van der Waals surface area contributed by atoms with Crippen LogP contribution in [0.15, 0.2) is 59.1 Å². The van der Waals surface area contributed by atoms with Crippen LogP contribution >= 0.6 is 27.3 Å². The zero-order valence-corrected chi connectivity index (χ0v) is 24.9. The molecule has 11 heteroatoms. The van der Waals surface area contributed by atoms with Gasteiger partial charge in [0.2, 0.25) is 10.0 Å². The zero-order chi connectivity index (χ0) is 28.2. The van der Waals surface area contributed by atoms with E-state index < -0.39 is 28.6 Å². The summed E-state index contributed by atoms with van der Waals surface area (Å²) in [6, 6.07) is 17.0. The molecular weight excluding hydrogens is 606 g/mol. The Labute approximate surface area is 240 Å². The first kappa shape index (κ1) is 29.3. The van der Waals surface area contributed by atoms with E-state index in [4.69, 9.17) is 9.47 Å². The molecule has 1 saturated heterocycles. The van der Waals surface area contributed by atoms with E-state index in [1.165, 1.54) is 0 Å². The number of carboxylic acids is 1. The van der Waals surface area contributed by atoms with E-state index in [1.807, 2.05) is 54.6 Å². The second kappa shape index (κ2) is 12.6. The number of piperidine rings is 1. The molecule has 1 aliphatic heterocycles. The van der Waals surface area contributed by atoms with Gasteiger partial charge in [0.05, 0.1) is 21.2 Å². The fourth-order valence-electron chi connectivity index (χ4n) is 4.56. The molecule has 0 radical (unpaired) electrons. The molecule has 0 spiro atoms. The van der Waals surface area contributed by atoms with Gasteiger partial charge in [0.25, 0.3) is 0 Å². The lowest BCUT2D eigenvalue weighted by molar-refractivity contribution is -0.149. The highest BCUT2D eigenvalue weighted by molar-refractivity contribution is 9.10. The number of nitrogens with zero attached hydrogens (tertiary/aromatic N) is 1. The van der Waals surface area contributed by atoms with Crippen LogP contribution < -0.4 is 4.74 Å². The minimum absolute atomic E-state index is 0.00803. The van der Waals surface area contributed by atoms with Crippen LogP contribution in [0, 0.1) is 0 Å². The van der Waals surface area contributed by atoms with Crippen molar-refractivity contribution in [2.75, 3.05) is 19.7 Å². The number of hydrogen-bond acceptors (Lipinski definition) is 7. The molecule has 0 unspecified atom stereocenters. The number of aromatic carboxylic acids is 1. The highest BCUT2D eigenvalue weighted by Gasteiger charge is 2.30. The molecule has 1 aliphatic rings. The summed E-state index contributed by atoms with van der Waals surface area (Å²) in [5.74, 6) is -1.48. The molecule has 3 aromatic rings. The Hall–Kier alpha value is -2.73.